The lowest BCUT2D eigenvalue weighted by atomic mass is 9.83. The van der Waals surface area contributed by atoms with Crippen molar-refractivity contribution in [3.8, 4) is 45.7 Å². The van der Waals surface area contributed by atoms with E-state index in [1.165, 1.54) is 5.56 Å². The van der Waals surface area contributed by atoms with E-state index in [1.54, 1.807) is 0 Å². The Morgan fingerprint density at radius 1 is 0.463 bits per heavy atom. The molecular weight excluding hydrogens is 506 g/mol. The van der Waals surface area contributed by atoms with Gasteiger partial charge in [0.25, 0.3) is 0 Å². The molecule has 5 heteroatoms. The number of aryl methyl sites for hydroxylation is 3. The summed E-state index contributed by atoms with van der Waals surface area (Å²) in [6.45, 7) is 25.1. The molecule has 0 radical (unpaired) electrons. The summed E-state index contributed by atoms with van der Waals surface area (Å²) in [5, 5.41) is 23.0. The van der Waals surface area contributed by atoms with Crippen LogP contribution < -0.4 is 0 Å². The maximum absolute atomic E-state index is 11.5. The third-order valence-electron chi connectivity index (χ3n) is 7.44. The zero-order valence-corrected chi connectivity index (χ0v) is 26.8. The average Bonchev–Trinajstić information content (AvgIpc) is 2.84. The van der Waals surface area contributed by atoms with Crippen molar-refractivity contribution in [1.29, 1.82) is 0 Å². The molecule has 5 nitrogen and oxygen atoms in total. The molecular formula is C36H45N3O2. The summed E-state index contributed by atoms with van der Waals surface area (Å²) < 4.78 is 0. The van der Waals surface area contributed by atoms with Gasteiger partial charge in [0.1, 0.15) is 11.5 Å². The molecule has 0 fully saturated rings. The minimum Gasteiger partial charge on any atom is -0.507 e. The molecule has 0 aliphatic rings. The maximum Gasteiger partial charge on any atom is 0.167 e. The lowest BCUT2D eigenvalue weighted by Gasteiger charge is -2.24. The SMILES string of the molecule is Cc1cc(-c2nc(-c3cc(C)cc(C(C)(C)C)c3O)nc(-c3cc(C)cc(C(C)(C)C)c3O)n2)cc(C(C)(C)C)c1. The molecule has 216 valence electrons. The highest BCUT2D eigenvalue weighted by Crippen LogP contribution is 2.42. The number of hydrogen-bond acceptors (Lipinski definition) is 5. The third-order valence-corrected chi connectivity index (χ3v) is 7.44. The summed E-state index contributed by atoms with van der Waals surface area (Å²) in [5.74, 6) is 1.56. The number of aromatic nitrogens is 3. The summed E-state index contributed by atoms with van der Waals surface area (Å²) in [6, 6.07) is 14.3. The number of rotatable bonds is 3. The summed E-state index contributed by atoms with van der Waals surface area (Å²) in [4.78, 5) is 14.8. The number of hydrogen-bond donors (Lipinski definition) is 2. The fourth-order valence-corrected chi connectivity index (χ4v) is 5.13. The number of phenolic OH excluding ortho intramolecular Hbond substituents is 2. The van der Waals surface area contributed by atoms with Crippen LogP contribution in [0.25, 0.3) is 34.2 Å². The normalized spacial score (nSPS) is 12.6. The van der Waals surface area contributed by atoms with Crippen molar-refractivity contribution in [3.05, 3.63) is 75.8 Å². The van der Waals surface area contributed by atoms with Gasteiger partial charge >= 0.3 is 0 Å². The van der Waals surface area contributed by atoms with Gasteiger partial charge < -0.3 is 10.2 Å². The van der Waals surface area contributed by atoms with Gasteiger partial charge in [0, 0.05) is 16.7 Å². The van der Waals surface area contributed by atoms with Crippen LogP contribution in [0, 0.1) is 20.8 Å². The largest absolute Gasteiger partial charge is 0.507 e. The fourth-order valence-electron chi connectivity index (χ4n) is 5.13. The first kappa shape index (κ1) is 30.2. The van der Waals surface area contributed by atoms with Gasteiger partial charge in [0.15, 0.2) is 17.5 Å². The smallest absolute Gasteiger partial charge is 0.167 e. The van der Waals surface area contributed by atoms with E-state index in [2.05, 4.69) is 87.4 Å². The highest BCUT2D eigenvalue weighted by Gasteiger charge is 2.26. The van der Waals surface area contributed by atoms with Crippen LogP contribution in [-0.4, -0.2) is 25.2 Å². The van der Waals surface area contributed by atoms with Gasteiger partial charge in [-0.15, -0.1) is 0 Å². The van der Waals surface area contributed by atoms with Crippen molar-refractivity contribution in [2.24, 2.45) is 0 Å². The third kappa shape index (κ3) is 6.29. The minimum atomic E-state index is -0.280. The van der Waals surface area contributed by atoms with Crippen molar-refractivity contribution in [2.45, 2.75) is 99.3 Å². The molecule has 4 rings (SSSR count). The molecule has 3 aromatic carbocycles. The molecule has 0 unspecified atom stereocenters. The number of phenols is 2. The van der Waals surface area contributed by atoms with Crippen LogP contribution in [0.5, 0.6) is 11.5 Å². The first-order chi connectivity index (χ1) is 18.8. The lowest BCUT2D eigenvalue weighted by molar-refractivity contribution is 0.448. The van der Waals surface area contributed by atoms with Gasteiger partial charge in [-0.3, -0.25) is 0 Å². The van der Waals surface area contributed by atoms with E-state index in [0.29, 0.717) is 28.6 Å². The molecule has 0 bridgehead atoms. The maximum atomic E-state index is 11.5. The van der Waals surface area contributed by atoms with E-state index in [-0.39, 0.29) is 27.7 Å². The second-order valence-corrected chi connectivity index (χ2v) is 14.6. The van der Waals surface area contributed by atoms with Crippen LogP contribution in [0.1, 0.15) is 95.7 Å². The first-order valence-electron chi connectivity index (χ1n) is 14.3. The number of nitrogens with zero attached hydrogens (tertiary/aromatic N) is 3. The van der Waals surface area contributed by atoms with Gasteiger partial charge in [0.2, 0.25) is 0 Å². The Balaban J connectivity index is 2.10. The lowest BCUT2D eigenvalue weighted by Crippen LogP contribution is -2.13. The van der Waals surface area contributed by atoms with Gasteiger partial charge in [0.05, 0.1) is 11.1 Å². The summed E-state index contributed by atoms with van der Waals surface area (Å²) in [7, 11) is 0. The van der Waals surface area contributed by atoms with Gasteiger partial charge in [-0.25, -0.2) is 15.0 Å². The Morgan fingerprint density at radius 3 is 1.24 bits per heavy atom. The quantitative estimate of drug-likeness (QED) is 0.265. The molecule has 0 atom stereocenters. The molecule has 0 spiro atoms. The molecule has 4 aromatic rings. The van der Waals surface area contributed by atoms with Crippen LogP contribution >= 0.6 is 0 Å². The second-order valence-electron chi connectivity index (χ2n) is 14.6. The molecule has 41 heavy (non-hydrogen) atoms. The molecule has 2 N–H and O–H groups in total. The van der Waals surface area contributed by atoms with Crippen LogP contribution in [0.15, 0.2) is 42.5 Å². The zero-order chi connectivity index (χ0) is 30.7. The molecule has 0 amide bonds. The minimum absolute atomic E-state index is 0.0632. The predicted octanol–water partition coefficient (Wildman–Crippen LogP) is 9.10. The first-order valence-corrected chi connectivity index (χ1v) is 14.3. The standard InChI is InChI=1S/C36H45N3O2/c1-20-13-23(19-24(14-20)34(4,5)6)31-37-32(25-15-21(2)17-27(29(25)40)35(7,8)9)39-33(38-31)26-16-22(3)18-28(30(26)41)36(10,11)12/h13-19,40-41H,1-12H3. The summed E-state index contributed by atoms with van der Waals surface area (Å²) in [6.07, 6.45) is 0. The van der Waals surface area contributed by atoms with Gasteiger partial charge in [-0.2, -0.15) is 0 Å². The van der Waals surface area contributed by atoms with Crippen molar-refractivity contribution < 1.29 is 10.2 Å². The van der Waals surface area contributed by atoms with Crippen LogP contribution in [0.3, 0.4) is 0 Å². The summed E-state index contributed by atoms with van der Waals surface area (Å²) in [5.41, 5.74) is 7.29. The topological polar surface area (TPSA) is 79.1 Å². The molecule has 1 aromatic heterocycles. The molecule has 0 saturated carbocycles. The fraction of sp³-hybridized carbons (Fsp3) is 0.417. The molecule has 0 saturated heterocycles. The van der Waals surface area contributed by atoms with Crippen molar-refractivity contribution in [1.82, 2.24) is 15.0 Å². The average molecular weight is 552 g/mol. The van der Waals surface area contributed by atoms with E-state index in [4.69, 9.17) is 15.0 Å². The van der Waals surface area contributed by atoms with Crippen LogP contribution in [0.4, 0.5) is 0 Å². The van der Waals surface area contributed by atoms with E-state index in [1.807, 2.05) is 38.1 Å². The monoisotopic (exact) mass is 551 g/mol. The Hall–Kier alpha value is -3.73. The van der Waals surface area contributed by atoms with E-state index >= 15 is 0 Å². The Morgan fingerprint density at radius 2 is 0.854 bits per heavy atom. The second kappa shape index (κ2) is 10.3. The number of benzene rings is 3. The zero-order valence-electron chi connectivity index (χ0n) is 26.8. The van der Waals surface area contributed by atoms with E-state index in [0.717, 1.165) is 33.4 Å². The Kier molecular flexibility index (Phi) is 7.58. The number of aromatic hydroxyl groups is 2. The van der Waals surface area contributed by atoms with E-state index < -0.39 is 0 Å². The highest BCUT2D eigenvalue weighted by molar-refractivity contribution is 5.75. The summed E-state index contributed by atoms with van der Waals surface area (Å²) >= 11 is 0. The predicted molar refractivity (Wildman–Crippen MR) is 170 cm³/mol. The van der Waals surface area contributed by atoms with Crippen LogP contribution in [-0.2, 0) is 16.2 Å². The van der Waals surface area contributed by atoms with Crippen molar-refractivity contribution >= 4 is 0 Å². The Bertz CT molecular complexity index is 1540. The molecule has 1 heterocycles. The van der Waals surface area contributed by atoms with Crippen LogP contribution in [0.2, 0.25) is 0 Å². The molecule has 0 aliphatic heterocycles. The van der Waals surface area contributed by atoms with Gasteiger partial charge in [-0.1, -0.05) is 86.1 Å². The van der Waals surface area contributed by atoms with Crippen molar-refractivity contribution in [3.63, 3.8) is 0 Å². The van der Waals surface area contributed by atoms with Gasteiger partial charge in [-0.05, 0) is 78.0 Å². The Labute approximate surface area is 245 Å². The van der Waals surface area contributed by atoms with E-state index in [9.17, 15) is 10.2 Å². The molecule has 0 aliphatic carbocycles. The van der Waals surface area contributed by atoms with Crippen molar-refractivity contribution in [2.75, 3.05) is 0 Å². The highest BCUT2D eigenvalue weighted by atomic mass is 16.3.